The van der Waals surface area contributed by atoms with E-state index in [0.717, 1.165) is 17.2 Å². The fourth-order valence-electron chi connectivity index (χ4n) is 2.87. The normalized spacial score (nSPS) is 21.3. The zero-order valence-corrected chi connectivity index (χ0v) is 14.7. The Morgan fingerprint density at radius 3 is 2.88 bits per heavy atom. The number of aromatic nitrogens is 2. The van der Waals surface area contributed by atoms with Crippen LogP contribution in [0.2, 0.25) is 0 Å². The third kappa shape index (κ3) is 3.98. The van der Waals surface area contributed by atoms with E-state index in [9.17, 15) is 9.90 Å². The fourth-order valence-corrected chi connectivity index (χ4v) is 3.76. The van der Waals surface area contributed by atoms with Gasteiger partial charge in [0.2, 0.25) is 0 Å². The van der Waals surface area contributed by atoms with E-state index in [-0.39, 0.29) is 24.0 Å². The van der Waals surface area contributed by atoms with E-state index in [0.29, 0.717) is 18.5 Å². The monoisotopic (exact) mass is 346 g/mol. The molecule has 1 aliphatic rings. The fraction of sp³-hybridized carbons (Fsp3) is 0.471. The van der Waals surface area contributed by atoms with Crippen LogP contribution in [0.5, 0.6) is 0 Å². The lowest BCUT2D eigenvalue weighted by Gasteiger charge is -2.37. The van der Waals surface area contributed by atoms with Gasteiger partial charge in [-0.15, -0.1) is 11.3 Å². The molecule has 0 saturated heterocycles. The number of aliphatic hydroxyl groups excluding tert-OH is 1. The number of pyridine rings is 1. The summed E-state index contributed by atoms with van der Waals surface area (Å²) < 4.78 is 0. The van der Waals surface area contributed by atoms with Crippen molar-refractivity contribution in [2.75, 3.05) is 14.1 Å². The van der Waals surface area contributed by atoms with Crippen molar-refractivity contribution in [3.05, 3.63) is 46.2 Å². The van der Waals surface area contributed by atoms with E-state index in [4.69, 9.17) is 0 Å². The minimum absolute atomic E-state index is 0.187. The van der Waals surface area contributed by atoms with Crippen LogP contribution in [0.15, 0.2) is 29.8 Å². The van der Waals surface area contributed by atoms with E-state index in [1.54, 1.807) is 11.6 Å². The number of carbonyl (C=O) groups excluding carboxylic acids is 1. The summed E-state index contributed by atoms with van der Waals surface area (Å²) in [5, 5.41) is 15.4. The Bertz CT molecular complexity index is 683. The molecule has 0 bridgehead atoms. The molecule has 0 spiro atoms. The first kappa shape index (κ1) is 17.0. The van der Waals surface area contributed by atoms with Crippen LogP contribution in [0.4, 0.5) is 0 Å². The van der Waals surface area contributed by atoms with Crippen molar-refractivity contribution in [1.29, 1.82) is 0 Å². The minimum Gasteiger partial charge on any atom is -0.393 e. The first-order valence-corrected chi connectivity index (χ1v) is 8.90. The first-order valence-electron chi connectivity index (χ1n) is 8.02. The van der Waals surface area contributed by atoms with Gasteiger partial charge in [0.15, 0.2) is 0 Å². The average molecular weight is 346 g/mol. The van der Waals surface area contributed by atoms with Crippen molar-refractivity contribution in [2.24, 2.45) is 5.92 Å². The zero-order chi connectivity index (χ0) is 17.1. The van der Waals surface area contributed by atoms with Gasteiger partial charge in [-0.1, -0.05) is 6.07 Å². The Balaban J connectivity index is 1.72. The van der Waals surface area contributed by atoms with Crippen molar-refractivity contribution >= 4 is 17.2 Å². The highest BCUT2D eigenvalue weighted by Gasteiger charge is 2.36. The second-order valence-electron chi connectivity index (χ2n) is 6.46. The summed E-state index contributed by atoms with van der Waals surface area (Å²) in [7, 11) is 3.94. The molecule has 6 nitrogen and oxygen atoms in total. The number of amides is 1. The van der Waals surface area contributed by atoms with Gasteiger partial charge in [-0.05, 0) is 45.0 Å². The van der Waals surface area contributed by atoms with Crippen molar-refractivity contribution in [2.45, 2.75) is 31.5 Å². The van der Waals surface area contributed by atoms with Gasteiger partial charge in [0.05, 0.1) is 17.8 Å². The molecule has 2 aromatic rings. The molecule has 2 heterocycles. The van der Waals surface area contributed by atoms with Crippen molar-refractivity contribution < 1.29 is 9.90 Å². The van der Waals surface area contributed by atoms with E-state index < -0.39 is 0 Å². The number of nitrogens with one attached hydrogen (secondary N) is 1. The third-order valence-corrected chi connectivity index (χ3v) is 4.98. The van der Waals surface area contributed by atoms with Gasteiger partial charge in [-0.2, -0.15) is 0 Å². The van der Waals surface area contributed by atoms with Crippen LogP contribution in [0.3, 0.4) is 0 Å². The quantitative estimate of drug-likeness (QED) is 0.834. The number of thiazole rings is 1. The molecule has 0 aliphatic heterocycles. The molecule has 2 aromatic heterocycles. The highest BCUT2D eigenvalue weighted by molar-refractivity contribution is 7.09. The van der Waals surface area contributed by atoms with Gasteiger partial charge < -0.3 is 15.3 Å². The largest absolute Gasteiger partial charge is 0.393 e. The maximum atomic E-state index is 12.6. The summed E-state index contributed by atoms with van der Waals surface area (Å²) in [6, 6.07) is 5.48. The van der Waals surface area contributed by atoms with E-state index in [1.807, 2.05) is 37.2 Å². The molecular formula is C17H22N4O2S. The molecule has 7 heteroatoms. The first-order chi connectivity index (χ1) is 11.5. The maximum absolute atomic E-state index is 12.6. The van der Waals surface area contributed by atoms with Gasteiger partial charge in [-0.25, -0.2) is 4.98 Å². The number of carbonyl (C=O) groups is 1. The Labute approximate surface area is 145 Å². The van der Waals surface area contributed by atoms with Crippen LogP contribution in [-0.4, -0.2) is 46.1 Å². The van der Waals surface area contributed by atoms with Crippen LogP contribution in [0, 0.1) is 5.92 Å². The van der Waals surface area contributed by atoms with Gasteiger partial charge >= 0.3 is 0 Å². The van der Waals surface area contributed by atoms with Crippen LogP contribution in [0.25, 0.3) is 0 Å². The number of hydrogen-bond acceptors (Lipinski definition) is 6. The molecule has 1 fully saturated rings. The number of nitrogens with zero attached hydrogens (tertiary/aromatic N) is 3. The molecule has 1 saturated carbocycles. The van der Waals surface area contributed by atoms with Crippen LogP contribution in [0.1, 0.15) is 40.1 Å². The van der Waals surface area contributed by atoms with E-state index in [1.165, 1.54) is 11.3 Å². The summed E-state index contributed by atoms with van der Waals surface area (Å²) >= 11 is 1.49. The lowest BCUT2D eigenvalue weighted by Crippen LogP contribution is -2.41. The lowest BCUT2D eigenvalue weighted by atomic mass is 9.76. The summed E-state index contributed by atoms with van der Waals surface area (Å²) in [5.41, 5.74) is 1.27. The number of hydrogen-bond donors (Lipinski definition) is 2. The van der Waals surface area contributed by atoms with Crippen LogP contribution in [-0.2, 0) is 6.54 Å². The lowest BCUT2D eigenvalue weighted by molar-refractivity contribution is 0.0228. The minimum atomic E-state index is -0.274. The SMILES string of the molecule is CN(C)Cc1nc(C(=O)N[C@H](c2ccccn2)C2CC(O)C2)cs1. The maximum Gasteiger partial charge on any atom is 0.271 e. The highest BCUT2D eigenvalue weighted by Crippen LogP contribution is 2.37. The van der Waals surface area contributed by atoms with Crippen LogP contribution < -0.4 is 5.32 Å². The molecule has 1 aliphatic carbocycles. The van der Waals surface area contributed by atoms with Crippen molar-refractivity contribution in [1.82, 2.24) is 20.2 Å². The third-order valence-electron chi connectivity index (χ3n) is 4.15. The summed E-state index contributed by atoms with van der Waals surface area (Å²) in [4.78, 5) is 23.4. The summed E-state index contributed by atoms with van der Waals surface area (Å²) in [6.07, 6.45) is 2.82. The second-order valence-corrected chi connectivity index (χ2v) is 7.40. The molecule has 0 unspecified atom stereocenters. The Hall–Kier alpha value is -1.83. The molecule has 2 N–H and O–H groups in total. The van der Waals surface area contributed by atoms with Crippen LogP contribution >= 0.6 is 11.3 Å². The standard InChI is InChI=1S/C17H22N4O2S/c1-21(2)9-15-19-14(10-24-15)17(23)20-16(11-7-12(22)8-11)13-5-3-4-6-18-13/h3-6,10-12,16,22H,7-9H2,1-2H3,(H,20,23)/t11?,12?,16-/m0/s1. The van der Waals surface area contributed by atoms with Gasteiger partial charge in [-0.3, -0.25) is 9.78 Å². The molecule has 3 rings (SSSR count). The van der Waals surface area contributed by atoms with E-state index in [2.05, 4.69) is 15.3 Å². The Morgan fingerprint density at radius 2 is 2.25 bits per heavy atom. The molecule has 24 heavy (non-hydrogen) atoms. The van der Waals surface area contributed by atoms with Crippen molar-refractivity contribution in [3.8, 4) is 0 Å². The molecule has 128 valence electrons. The van der Waals surface area contributed by atoms with Gasteiger partial charge in [0.1, 0.15) is 10.7 Å². The molecule has 0 radical (unpaired) electrons. The topological polar surface area (TPSA) is 78.4 Å². The molecule has 1 atom stereocenters. The zero-order valence-electron chi connectivity index (χ0n) is 13.8. The molecular weight excluding hydrogens is 324 g/mol. The Morgan fingerprint density at radius 1 is 1.46 bits per heavy atom. The summed E-state index contributed by atoms with van der Waals surface area (Å²) in [5.74, 6) is 0.0204. The van der Waals surface area contributed by atoms with E-state index >= 15 is 0 Å². The average Bonchev–Trinajstić information content (AvgIpc) is 2.98. The number of rotatable bonds is 6. The van der Waals surface area contributed by atoms with Gasteiger partial charge in [0.25, 0.3) is 5.91 Å². The molecule has 1 amide bonds. The highest BCUT2D eigenvalue weighted by atomic mass is 32.1. The smallest absolute Gasteiger partial charge is 0.271 e. The predicted octanol–water partition coefficient (Wildman–Crippen LogP) is 1.84. The molecule has 0 aromatic carbocycles. The predicted molar refractivity (Wildman–Crippen MR) is 92.7 cm³/mol. The second kappa shape index (κ2) is 7.38. The Kier molecular flexibility index (Phi) is 5.23. The van der Waals surface area contributed by atoms with Crippen molar-refractivity contribution in [3.63, 3.8) is 0 Å². The van der Waals surface area contributed by atoms with Gasteiger partial charge in [0, 0.05) is 18.1 Å². The number of aliphatic hydroxyl groups is 1. The summed E-state index contributed by atoms with van der Waals surface area (Å²) in [6.45, 7) is 0.719.